The lowest BCUT2D eigenvalue weighted by Gasteiger charge is -2.08. The molecule has 2 rings (SSSR count). The highest BCUT2D eigenvalue weighted by molar-refractivity contribution is 5.81. The summed E-state index contributed by atoms with van der Waals surface area (Å²) < 4.78 is 10.8. The van der Waals surface area contributed by atoms with E-state index in [0.29, 0.717) is 17.9 Å². The molecule has 0 N–H and O–H groups in total. The minimum absolute atomic E-state index is 0.356. The third-order valence-corrected chi connectivity index (χ3v) is 2.92. The highest BCUT2D eigenvalue weighted by atomic mass is 16.5. The molecule has 0 amide bonds. The fourth-order valence-electron chi connectivity index (χ4n) is 1.89. The van der Waals surface area contributed by atoms with Gasteiger partial charge in [-0.3, -0.25) is 0 Å². The lowest BCUT2D eigenvalue weighted by molar-refractivity contribution is 0.355. The van der Waals surface area contributed by atoms with Gasteiger partial charge in [0.2, 0.25) is 0 Å². The Balaban J connectivity index is 0.00000116. The third kappa shape index (κ3) is 4.48. The van der Waals surface area contributed by atoms with Crippen LogP contribution in [0, 0.1) is 6.92 Å². The summed E-state index contributed by atoms with van der Waals surface area (Å²) in [6.07, 6.45) is 5.23. The van der Waals surface area contributed by atoms with Crippen molar-refractivity contribution < 1.29 is 9.15 Å². The molecule has 3 nitrogen and oxygen atoms in total. The normalized spacial score (nSPS) is 10.6. The molecule has 0 aliphatic heterocycles. The molecule has 22 heavy (non-hydrogen) atoms. The topological polar surface area (TPSA) is 39.4 Å². The molecule has 0 aliphatic rings. The Hall–Kier alpha value is -2.55. The molecule has 0 spiro atoms. The van der Waals surface area contributed by atoms with E-state index in [1.807, 2.05) is 39.0 Å². The number of hydrogen-bond donors (Lipinski definition) is 0. The van der Waals surface area contributed by atoms with Crippen molar-refractivity contribution in [2.45, 2.75) is 20.8 Å². The number of ether oxygens (including phenoxy) is 1. The predicted molar refractivity (Wildman–Crippen MR) is 92.5 cm³/mol. The molecule has 0 aliphatic carbocycles. The molecule has 0 fully saturated rings. The van der Waals surface area contributed by atoms with E-state index >= 15 is 0 Å². The van der Waals surface area contributed by atoms with Crippen molar-refractivity contribution in [2.75, 3.05) is 6.61 Å². The fourth-order valence-corrected chi connectivity index (χ4v) is 1.89. The van der Waals surface area contributed by atoms with Crippen molar-refractivity contribution >= 4 is 11.0 Å². The summed E-state index contributed by atoms with van der Waals surface area (Å²) in [5.74, 6) is 0.642. The van der Waals surface area contributed by atoms with Gasteiger partial charge in [0, 0.05) is 17.5 Å². The molecule has 1 aromatic carbocycles. The Morgan fingerprint density at radius 2 is 2.00 bits per heavy atom. The van der Waals surface area contributed by atoms with E-state index in [4.69, 9.17) is 9.15 Å². The summed E-state index contributed by atoms with van der Waals surface area (Å²) in [4.78, 5) is 11.4. The maximum absolute atomic E-state index is 11.4. The second-order valence-electron chi connectivity index (χ2n) is 4.38. The van der Waals surface area contributed by atoms with Crippen molar-refractivity contribution in [1.29, 1.82) is 0 Å². The quantitative estimate of drug-likeness (QED) is 0.587. The molecule has 1 heterocycles. The van der Waals surface area contributed by atoms with Gasteiger partial charge >= 0.3 is 5.63 Å². The van der Waals surface area contributed by atoms with Gasteiger partial charge in [0.1, 0.15) is 17.9 Å². The number of aryl methyl sites for hydroxylation is 1. The lowest BCUT2D eigenvalue weighted by Crippen LogP contribution is -2.01. The predicted octanol–water partition coefficient (Wildman–Crippen LogP) is 4.80. The molecule has 0 radical (unpaired) electrons. The van der Waals surface area contributed by atoms with Gasteiger partial charge in [-0.25, -0.2) is 4.79 Å². The zero-order valence-electron chi connectivity index (χ0n) is 13.4. The smallest absolute Gasteiger partial charge is 0.336 e. The van der Waals surface area contributed by atoms with E-state index in [9.17, 15) is 4.79 Å². The Morgan fingerprint density at radius 3 is 2.64 bits per heavy atom. The van der Waals surface area contributed by atoms with E-state index in [1.165, 1.54) is 6.07 Å². The van der Waals surface area contributed by atoms with E-state index in [-0.39, 0.29) is 5.63 Å². The molecule has 0 bridgehead atoms. The minimum Gasteiger partial charge on any atom is -0.489 e. The van der Waals surface area contributed by atoms with Crippen LogP contribution in [0.3, 0.4) is 0 Å². The SMILES string of the molecule is C=C/C=C(\C=C)COc1ccc2c(C)cc(=O)oc2c1.CC. The van der Waals surface area contributed by atoms with Gasteiger partial charge in [0.05, 0.1) is 0 Å². The molecule has 0 saturated carbocycles. The Kier molecular flexibility index (Phi) is 6.90. The molecule has 116 valence electrons. The second kappa shape index (κ2) is 8.67. The van der Waals surface area contributed by atoms with Crippen LogP contribution in [0.25, 0.3) is 11.0 Å². The monoisotopic (exact) mass is 298 g/mol. The average Bonchev–Trinajstić information content (AvgIpc) is 2.52. The van der Waals surface area contributed by atoms with Crippen LogP contribution in [-0.4, -0.2) is 6.61 Å². The molecule has 0 unspecified atom stereocenters. The first-order chi connectivity index (χ1) is 10.6. The first-order valence-corrected chi connectivity index (χ1v) is 7.25. The van der Waals surface area contributed by atoms with Gasteiger partial charge in [-0.05, 0) is 30.2 Å². The van der Waals surface area contributed by atoms with E-state index in [2.05, 4.69) is 13.2 Å². The summed E-state index contributed by atoms with van der Waals surface area (Å²) in [6, 6.07) is 6.93. The number of hydrogen-bond acceptors (Lipinski definition) is 3. The number of fused-ring (bicyclic) bond motifs is 1. The summed E-state index contributed by atoms with van der Waals surface area (Å²) >= 11 is 0. The first kappa shape index (κ1) is 17.5. The zero-order chi connectivity index (χ0) is 16.5. The van der Waals surface area contributed by atoms with Crippen LogP contribution in [0.15, 0.2) is 70.4 Å². The van der Waals surface area contributed by atoms with Crippen molar-refractivity contribution in [3.05, 3.63) is 77.2 Å². The highest BCUT2D eigenvalue weighted by Gasteiger charge is 2.04. The largest absolute Gasteiger partial charge is 0.489 e. The van der Waals surface area contributed by atoms with Crippen LogP contribution < -0.4 is 10.4 Å². The van der Waals surface area contributed by atoms with Crippen molar-refractivity contribution in [1.82, 2.24) is 0 Å². The van der Waals surface area contributed by atoms with E-state index in [1.54, 1.807) is 18.2 Å². The van der Waals surface area contributed by atoms with Gasteiger partial charge < -0.3 is 9.15 Å². The van der Waals surface area contributed by atoms with Crippen LogP contribution >= 0.6 is 0 Å². The van der Waals surface area contributed by atoms with Crippen molar-refractivity contribution in [3.8, 4) is 5.75 Å². The van der Waals surface area contributed by atoms with Crippen LogP contribution in [0.1, 0.15) is 19.4 Å². The van der Waals surface area contributed by atoms with Gasteiger partial charge in [-0.15, -0.1) is 0 Å². The van der Waals surface area contributed by atoms with Crippen LogP contribution in [0.4, 0.5) is 0 Å². The van der Waals surface area contributed by atoms with Crippen LogP contribution in [0.5, 0.6) is 5.75 Å². The van der Waals surface area contributed by atoms with E-state index < -0.39 is 0 Å². The molecule has 2 aromatic rings. The number of rotatable bonds is 5. The highest BCUT2D eigenvalue weighted by Crippen LogP contribution is 2.22. The van der Waals surface area contributed by atoms with Gasteiger partial charge in [0.25, 0.3) is 0 Å². The minimum atomic E-state index is -0.356. The Labute approximate surface area is 131 Å². The molecular weight excluding hydrogens is 276 g/mol. The van der Waals surface area contributed by atoms with Crippen LogP contribution in [0.2, 0.25) is 0 Å². The molecule has 0 saturated heterocycles. The summed E-state index contributed by atoms with van der Waals surface area (Å²) in [7, 11) is 0. The lowest BCUT2D eigenvalue weighted by atomic mass is 10.1. The van der Waals surface area contributed by atoms with Crippen LogP contribution in [-0.2, 0) is 0 Å². The van der Waals surface area contributed by atoms with Gasteiger partial charge in [0.15, 0.2) is 0 Å². The standard InChI is InChI=1S/C17H16O3.C2H6/c1-4-6-13(5-2)11-19-14-7-8-15-12(3)9-17(18)20-16(15)10-14;1-2/h4-10H,1-2,11H2,3H3;1-2H3/b13-6+;. The third-order valence-electron chi connectivity index (χ3n) is 2.92. The number of allylic oxidation sites excluding steroid dienone is 2. The summed E-state index contributed by atoms with van der Waals surface area (Å²) in [5.41, 5.74) is 1.98. The second-order valence-corrected chi connectivity index (χ2v) is 4.38. The van der Waals surface area contributed by atoms with Crippen molar-refractivity contribution in [3.63, 3.8) is 0 Å². The Morgan fingerprint density at radius 1 is 1.27 bits per heavy atom. The van der Waals surface area contributed by atoms with Gasteiger partial charge in [-0.1, -0.05) is 45.2 Å². The molecule has 3 heteroatoms. The summed E-state index contributed by atoms with van der Waals surface area (Å²) in [6.45, 7) is 13.6. The molecule has 1 aromatic heterocycles. The number of benzene rings is 1. The maximum atomic E-state index is 11.4. The molecular formula is C19H22O3. The molecule has 0 atom stereocenters. The maximum Gasteiger partial charge on any atom is 0.336 e. The first-order valence-electron chi connectivity index (χ1n) is 7.25. The average molecular weight is 298 g/mol. The van der Waals surface area contributed by atoms with Crippen molar-refractivity contribution in [2.24, 2.45) is 0 Å². The zero-order valence-corrected chi connectivity index (χ0v) is 13.4. The fraction of sp³-hybridized carbons (Fsp3) is 0.211. The summed E-state index contributed by atoms with van der Waals surface area (Å²) in [5, 5.41) is 0.905. The Bertz CT molecular complexity index is 736. The van der Waals surface area contributed by atoms with Gasteiger partial charge in [-0.2, -0.15) is 0 Å². The van der Waals surface area contributed by atoms with E-state index in [0.717, 1.165) is 16.5 Å².